The van der Waals surface area contributed by atoms with E-state index in [1.807, 2.05) is 6.07 Å². The van der Waals surface area contributed by atoms with Gasteiger partial charge >= 0.3 is 0 Å². The first-order valence-electron chi connectivity index (χ1n) is 8.79. The Bertz CT molecular complexity index is 856. The molecule has 1 aliphatic rings. The van der Waals surface area contributed by atoms with Gasteiger partial charge < -0.3 is 20.3 Å². The van der Waals surface area contributed by atoms with Crippen LogP contribution in [0.25, 0.3) is 0 Å². The minimum Gasteiger partial charge on any atom is -0.494 e. The summed E-state index contributed by atoms with van der Waals surface area (Å²) in [6.07, 6.45) is 1.37. The maximum absolute atomic E-state index is 13.2. The van der Waals surface area contributed by atoms with E-state index in [9.17, 15) is 14.0 Å². The van der Waals surface area contributed by atoms with E-state index in [2.05, 4.69) is 10.6 Å². The highest BCUT2D eigenvalue weighted by Gasteiger charge is 2.24. The molecule has 0 aliphatic carbocycles. The summed E-state index contributed by atoms with van der Waals surface area (Å²) in [6, 6.07) is 10.5. The van der Waals surface area contributed by atoms with Crippen LogP contribution in [0.5, 0.6) is 5.75 Å². The number of anilines is 3. The van der Waals surface area contributed by atoms with Crippen molar-refractivity contribution in [2.75, 3.05) is 29.2 Å². The number of ether oxygens (including phenoxy) is 1. The lowest BCUT2D eigenvalue weighted by Crippen LogP contribution is -2.32. The molecule has 0 aromatic heterocycles. The number of carbonyl (C=O) groups is 2. The number of rotatable bonds is 6. The topological polar surface area (TPSA) is 70.7 Å². The van der Waals surface area contributed by atoms with Crippen LogP contribution < -0.4 is 20.3 Å². The van der Waals surface area contributed by atoms with E-state index in [1.54, 1.807) is 37.1 Å². The van der Waals surface area contributed by atoms with Gasteiger partial charge in [0.1, 0.15) is 17.6 Å². The average molecular weight is 371 g/mol. The average Bonchev–Trinajstić information content (AvgIpc) is 3.07. The summed E-state index contributed by atoms with van der Waals surface area (Å²) in [5, 5.41) is 5.76. The van der Waals surface area contributed by atoms with Gasteiger partial charge in [-0.2, -0.15) is 0 Å². The molecule has 7 heteroatoms. The van der Waals surface area contributed by atoms with Gasteiger partial charge in [0, 0.05) is 30.4 Å². The van der Waals surface area contributed by atoms with Gasteiger partial charge in [-0.3, -0.25) is 9.59 Å². The number of amides is 2. The molecule has 2 amide bonds. The summed E-state index contributed by atoms with van der Waals surface area (Å²) >= 11 is 0. The first kappa shape index (κ1) is 18.7. The number of methoxy groups -OCH3 is 1. The molecule has 142 valence electrons. The molecule has 0 saturated carbocycles. The SMILES string of the molecule is COc1cc(NC(C)C(=O)Nc2cccc(F)c2)ccc1N1CCCC1=O. The van der Waals surface area contributed by atoms with Crippen molar-refractivity contribution in [3.05, 3.63) is 48.3 Å². The van der Waals surface area contributed by atoms with Crippen LogP contribution in [0.4, 0.5) is 21.5 Å². The number of hydrogen-bond donors (Lipinski definition) is 2. The highest BCUT2D eigenvalue weighted by Crippen LogP contribution is 2.34. The molecule has 0 radical (unpaired) electrons. The number of nitrogens with one attached hydrogen (secondary N) is 2. The Labute approximate surface area is 157 Å². The van der Waals surface area contributed by atoms with Gasteiger partial charge in [-0.05, 0) is 43.7 Å². The number of halogens is 1. The Kier molecular flexibility index (Phi) is 5.59. The second-order valence-electron chi connectivity index (χ2n) is 6.40. The third kappa shape index (κ3) is 4.36. The summed E-state index contributed by atoms with van der Waals surface area (Å²) in [7, 11) is 1.54. The maximum Gasteiger partial charge on any atom is 0.246 e. The molecule has 6 nitrogen and oxygen atoms in total. The fourth-order valence-electron chi connectivity index (χ4n) is 3.03. The van der Waals surface area contributed by atoms with Gasteiger partial charge in [-0.15, -0.1) is 0 Å². The predicted octanol–water partition coefficient (Wildman–Crippen LogP) is 3.40. The maximum atomic E-state index is 13.2. The monoisotopic (exact) mass is 371 g/mol. The molecule has 2 aromatic rings. The summed E-state index contributed by atoms with van der Waals surface area (Å²) in [5.74, 6) is -0.0617. The fraction of sp³-hybridized carbons (Fsp3) is 0.300. The normalized spacial score (nSPS) is 14.8. The summed E-state index contributed by atoms with van der Waals surface area (Å²) < 4.78 is 18.7. The van der Waals surface area contributed by atoms with E-state index in [0.29, 0.717) is 30.1 Å². The van der Waals surface area contributed by atoms with Gasteiger partial charge in [0.25, 0.3) is 0 Å². The van der Waals surface area contributed by atoms with Crippen molar-refractivity contribution in [3.8, 4) is 5.75 Å². The van der Waals surface area contributed by atoms with Crippen molar-refractivity contribution < 1.29 is 18.7 Å². The van der Waals surface area contributed by atoms with E-state index >= 15 is 0 Å². The Balaban J connectivity index is 1.69. The highest BCUT2D eigenvalue weighted by molar-refractivity contribution is 5.98. The molecule has 2 aromatic carbocycles. The number of carbonyl (C=O) groups excluding carboxylic acids is 2. The Morgan fingerprint density at radius 3 is 2.70 bits per heavy atom. The molecule has 1 aliphatic heterocycles. The largest absolute Gasteiger partial charge is 0.494 e. The summed E-state index contributed by atoms with van der Waals surface area (Å²) in [4.78, 5) is 26.0. The van der Waals surface area contributed by atoms with Gasteiger partial charge in [0.15, 0.2) is 0 Å². The van der Waals surface area contributed by atoms with Crippen LogP contribution in [-0.4, -0.2) is 31.5 Å². The number of benzene rings is 2. The Morgan fingerprint density at radius 1 is 1.22 bits per heavy atom. The molecule has 1 heterocycles. The van der Waals surface area contributed by atoms with Crippen molar-refractivity contribution in [2.45, 2.75) is 25.8 Å². The zero-order valence-corrected chi connectivity index (χ0v) is 15.3. The molecule has 1 fully saturated rings. The van der Waals surface area contributed by atoms with Gasteiger partial charge in [0.2, 0.25) is 11.8 Å². The second-order valence-corrected chi connectivity index (χ2v) is 6.40. The molecule has 0 bridgehead atoms. The fourth-order valence-corrected chi connectivity index (χ4v) is 3.03. The highest BCUT2D eigenvalue weighted by atomic mass is 19.1. The van der Waals surface area contributed by atoms with E-state index in [0.717, 1.165) is 12.1 Å². The van der Waals surface area contributed by atoms with Crippen molar-refractivity contribution in [1.82, 2.24) is 0 Å². The zero-order chi connectivity index (χ0) is 19.4. The van der Waals surface area contributed by atoms with E-state index in [-0.39, 0.29) is 11.8 Å². The number of hydrogen-bond acceptors (Lipinski definition) is 4. The third-order valence-corrected chi connectivity index (χ3v) is 4.41. The molecule has 1 atom stereocenters. The Morgan fingerprint density at radius 2 is 2.04 bits per heavy atom. The summed E-state index contributed by atoms with van der Waals surface area (Å²) in [5.41, 5.74) is 1.81. The summed E-state index contributed by atoms with van der Waals surface area (Å²) in [6.45, 7) is 2.38. The molecular formula is C20H22FN3O3. The molecule has 27 heavy (non-hydrogen) atoms. The van der Waals surface area contributed by atoms with Crippen LogP contribution in [-0.2, 0) is 9.59 Å². The van der Waals surface area contributed by atoms with Crippen molar-refractivity contribution in [3.63, 3.8) is 0 Å². The van der Waals surface area contributed by atoms with E-state index in [1.165, 1.54) is 18.2 Å². The van der Waals surface area contributed by atoms with E-state index in [4.69, 9.17) is 4.74 Å². The smallest absolute Gasteiger partial charge is 0.246 e. The van der Waals surface area contributed by atoms with Gasteiger partial charge in [-0.25, -0.2) is 4.39 Å². The van der Waals surface area contributed by atoms with Gasteiger partial charge in [-0.1, -0.05) is 6.07 Å². The lowest BCUT2D eigenvalue weighted by atomic mass is 10.2. The number of nitrogens with zero attached hydrogens (tertiary/aromatic N) is 1. The van der Waals surface area contributed by atoms with Gasteiger partial charge in [0.05, 0.1) is 12.8 Å². The standard InChI is InChI=1S/C20H22FN3O3/c1-13(20(26)23-15-6-3-5-14(21)11-15)22-16-8-9-17(18(12-16)27-2)24-10-4-7-19(24)25/h3,5-6,8-9,11-13,22H,4,7,10H2,1-2H3,(H,23,26). The zero-order valence-electron chi connectivity index (χ0n) is 15.3. The van der Waals surface area contributed by atoms with Crippen LogP contribution in [0.2, 0.25) is 0 Å². The van der Waals surface area contributed by atoms with Crippen LogP contribution >= 0.6 is 0 Å². The lowest BCUT2D eigenvalue weighted by molar-refractivity contribution is -0.117. The molecule has 1 unspecified atom stereocenters. The Hall–Kier alpha value is -3.09. The van der Waals surface area contributed by atoms with Crippen LogP contribution in [0.1, 0.15) is 19.8 Å². The van der Waals surface area contributed by atoms with Crippen LogP contribution in [0, 0.1) is 5.82 Å². The minimum absolute atomic E-state index is 0.0804. The quantitative estimate of drug-likeness (QED) is 0.817. The first-order chi connectivity index (χ1) is 13.0. The first-order valence-corrected chi connectivity index (χ1v) is 8.79. The molecule has 0 spiro atoms. The van der Waals surface area contributed by atoms with Crippen molar-refractivity contribution >= 4 is 28.9 Å². The molecule has 1 saturated heterocycles. The molecular weight excluding hydrogens is 349 g/mol. The van der Waals surface area contributed by atoms with Crippen LogP contribution in [0.3, 0.4) is 0 Å². The molecule has 2 N–H and O–H groups in total. The lowest BCUT2D eigenvalue weighted by Gasteiger charge is -2.21. The third-order valence-electron chi connectivity index (χ3n) is 4.41. The van der Waals surface area contributed by atoms with E-state index < -0.39 is 11.9 Å². The molecule has 3 rings (SSSR count). The van der Waals surface area contributed by atoms with Crippen molar-refractivity contribution in [2.24, 2.45) is 0 Å². The minimum atomic E-state index is -0.558. The van der Waals surface area contributed by atoms with Crippen molar-refractivity contribution in [1.29, 1.82) is 0 Å². The van der Waals surface area contributed by atoms with Crippen LogP contribution in [0.15, 0.2) is 42.5 Å². The second kappa shape index (κ2) is 8.07. The predicted molar refractivity (Wildman–Crippen MR) is 103 cm³/mol.